The number of rotatable bonds is 1. The highest BCUT2D eigenvalue weighted by atomic mass is 19.1. The fourth-order valence-corrected chi connectivity index (χ4v) is 2.04. The smallest absolute Gasteiger partial charge is 0.249 e. The van der Waals surface area contributed by atoms with Crippen molar-refractivity contribution in [3.8, 4) is 11.1 Å². The Kier molecular flexibility index (Phi) is 2.52. The van der Waals surface area contributed by atoms with E-state index >= 15 is 0 Å². The van der Waals surface area contributed by atoms with E-state index in [4.69, 9.17) is 5.73 Å². The predicted octanol–water partition coefficient (Wildman–Crippen LogP) is 2.31. The number of pyridine rings is 2. The molecule has 2 aromatic heterocycles. The van der Waals surface area contributed by atoms with Gasteiger partial charge in [0, 0.05) is 28.9 Å². The number of benzene rings is 1. The van der Waals surface area contributed by atoms with E-state index in [1.54, 1.807) is 18.2 Å². The van der Waals surface area contributed by atoms with E-state index < -0.39 is 0 Å². The van der Waals surface area contributed by atoms with E-state index in [2.05, 4.69) is 9.97 Å². The summed E-state index contributed by atoms with van der Waals surface area (Å²) < 4.78 is 13.9. The van der Waals surface area contributed by atoms with Crippen molar-refractivity contribution in [3.63, 3.8) is 0 Å². The summed E-state index contributed by atoms with van der Waals surface area (Å²) in [6, 6.07) is 9.09. The molecule has 5 heteroatoms. The first-order valence-corrected chi connectivity index (χ1v) is 5.68. The van der Waals surface area contributed by atoms with Crippen LogP contribution in [-0.2, 0) is 0 Å². The van der Waals surface area contributed by atoms with E-state index in [-0.39, 0.29) is 11.4 Å². The molecule has 0 aliphatic heterocycles. The predicted molar refractivity (Wildman–Crippen MR) is 72.2 cm³/mol. The number of aromatic amines is 1. The van der Waals surface area contributed by atoms with E-state index in [0.717, 1.165) is 0 Å². The molecule has 0 saturated heterocycles. The summed E-state index contributed by atoms with van der Waals surface area (Å²) in [6.45, 7) is 0. The molecule has 0 aliphatic carbocycles. The quantitative estimate of drug-likeness (QED) is 0.655. The highest BCUT2D eigenvalue weighted by Crippen LogP contribution is 2.29. The van der Waals surface area contributed by atoms with Gasteiger partial charge in [-0.25, -0.2) is 9.37 Å². The molecule has 19 heavy (non-hydrogen) atoms. The van der Waals surface area contributed by atoms with Crippen LogP contribution in [0.4, 0.5) is 10.1 Å². The first kappa shape index (κ1) is 11.4. The number of nitrogens with zero attached hydrogens (tertiary/aromatic N) is 1. The molecule has 0 radical (unpaired) electrons. The lowest BCUT2D eigenvalue weighted by Gasteiger charge is -2.07. The normalized spacial score (nSPS) is 10.8. The summed E-state index contributed by atoms with van der Waals surface area (Å²) in [4.78, 5) is 17.9. The molecule has 0 bridgehead atoms. The highest BCUT2D eigenvalue weighted by Gasteiger charge is 2.10. The molecule has 0 fully saturated rings. The molecule has 4 nitrogen and oxygen atoms in total. The van der Waals surface area contributed by atoms with E-state index in [9.17, 15) is 9.18 Å². The summed E-state index contributed by atoms with van der Waals surface area (Å²) in [5.74, 6) is -0.368. The van der Waals surface area contributed by atoms with Gasteiger partial charge in [0.25, 0.3) is 0 Å². The van der Waals surface area contributed by atoms with Crippen LogP contribution < -0.4 is 11.3 Å². The van der Waals surface area contributed by atoms with Gasteiger partial charge in [-0.2, -0.15) is 0 Å². The third-order valence-electron chi connectivity index (χ3n) is 2.91. The molecule has 3 aromatic rings. The lowest BCUT2D eigenvalue weighted by Crippen LogP contribution is -2.04. The van der Waals surface area contributed by atoms with E-state index in [1.165, 1.54) is 24.4 Å². The van der Waals surface area contributed by atoms with Crippen molar-refractivity contribution < 1.29 is 4.39 Å². The van der Waals surface area contributed by atoms with Crippen molar-refractivity contribution in [1.82, 2.24) is 9.97 Å². The molecule has 0 atom stereocenters. The summed E-state index contributed by atoms with van der Waals surface area (Å²) in [6.07, 6.45) is 1.52. The molecular weight excluding hydrogens is 245 g/mol. The first-order chi connectivity index (χ1) is 9.15. The largest absolute Gasteiger partial charge is 0.399 e. The molecular formula is C14H10FN3O. The minimum atomic E-state index is -0.368. The van der Waals surface area contributed by atoms with Gasteiger partial charge >= 0.3 is 0 Å². The zero-order valence-electron chi connectivity index (χ0n) is 9.85. The number of hydrogen-bond acceptors (Lipinski definition) is 3. The molecule has 1 aromatic carbocycles. The van der Waals surface area contributed by atoms with Crippen molar-refractivity contribution in [1.29, 1.82) is 0 Å². The second-order valence-electron chi connectivity index (χ2n) is 4.18. The number of halogens is 1. The molecule has 0 saturated carbocycles. The second kappa shape index (κ2) is 4.20. The minimum Gasteiger partial charge on any atom is -0.399 e. The summed E-state index contributed by atoms with van der Waals surface area (Å²) in [7, 11) is 0. The standard InChI is InChI=1S/C14H10FN3O/c15-12-3-1-8(16)7-11(12)9-5-6-17-14-10(9)2-4-13(19)18-14/h1-7H,16H2,(H,17,18,19). The number of anilines is 1. The number of aromatic nitrogens is 2. The van der Waals surface area contributed by atoms with Crippen molar-refractivity contribution in [2.24, 2.45) is 0 Å². The van der Waals surface area contributed by atoms with Crippen LogP contribution in [0, 0.1) is 5.82 Å². The zero-order chi connectivity index (χ0) is 13.4. The topological polar surface area (TPSA) is 71.8 Å². The van der Waals surface area contributed by atoms with Crippen molar-refractivity contribution >= 4 is 16.7 Å². The Morgan fingerprint density at radius 2 is 1.95 bits per heavy atom. The first-order valence-electron chi connectivity index (χ1n) is 5.68. The van der Waals surface area contributed by atoms with Gasteiger partial charge in [0.15, 0.2) is 0 Å². The SMILES string of the molecule is Nc1ccc(F)c(-c2ccnc3[nH]c(=O)ccc23)c1. The van der Waals surface area contributed by atoms with Gasteiger partial charge in [-0.15, -0.1) is 0 Å². The maximum absolute atomic E-state index is 13.9. The van der Waals surface area contributed by atoms with Crippen LogP contribution in [0.15, 0.2) is 47.4 Å². The van der Waals surface area contributed by atoms with Gasteiger partial charge in [0.2, 0.25) is 5.56 Å². The number of fused-ring (bicyclic) bond motifs is 1. The Morgan fingerprint density at radius 3 is 2.79 bits per heavy atom. The third kappa shape index (κ3) is 1.95. The molecule has 0 unspecified atom stereocenters. The van der Waals surface area contributed by atoms with Gasteiger partial charge < -0.3 is 10.7 Å². The summed E-state index contributed by atoms with van der Waals surface area (Å²) in [5.41, 5.74) is 7.38. The number of nitrogens with one attached hydrogen (secondary N) is 1. The monoisotopic (exact) mass is 255 g/mol. The molecule has 0 aliphatic rings. The molecule has 94 valence electrons. The average molecular weight is 255 g/mol. The van der Waals surface area contributed by atoms with Gasteiger partial charge in [0.1, 0.15) is 11.5 Å². The van der Waals surface area contributed by atoms with Crippen LogP contribution >= 0.6 is 0 Å². The number of hydrogen-bond donors (Lipinski definition) is 2. The maximum Gasteiger partial charge on any atom is 0.249 e. The van der Waals surface area contributed by atoms with Gasteiger partial charge in [-0.1, -0.05) is 0 Å². The van der Waals surface area contributed by atoms with Crippen LogP contribution in [-0.4, -0.2) is 9.97 Å². The van der Waals surface area contributed by atoms with E-state index in [1.807, 2.05) is 0 Å². The maximum atomic E-state index is 13.9. The van der Waals surface area contributed by atoms with Crippen LogP contribution in [0.1, 0.15) is 0 Å². The third-order valence-corrected chi connectivity index (χ3v) is 2.91. The highest BCUT2D eigenvalue weighted by molar-refractivity contribution is 5.92. The number of H-pyrrole nitrogens is 1. The van der Waals surface area contributed by atoms with Crippen LogP contribution in [0.25, 0.3) is 22.2 Å². The van der Waals surface area contributed by atoms with Crippen LogP contribution in [0.3, 0.4) is 0 Å². The molecule has 0 spiro atoms. The molecule has 0 amide bonds. The Morgan fingerprint density at radius 1 is 1.11 bits per heavy atom. The minimum absolute atomic E-state index is 0.245. The summed E-state index contributed by atoms with van der Waals surface area (Å²) >= 11 is 0. The van der Waals surface area contributed by atoms with E-state index in [0.29, 0.717) is 27.8 Å². The van der Waals surface area contributed by atoms with Crippen LogP contribution in [0.5, 0.6) is 0 Å². The van der Waals surface area contributed by atoms with Crippen molar-refractivity contribution in [2.45, 2.75) is 0 Å². The molecule has 3 rings (SSSR count). The Balaban J connectivity index is 2.36. The van der Waals surface area contributed by atoms with Gasteiger partial charge in [-0.05, 0) is 35.9 Å². The molecule has 2 heterocycles. The number of nitrogen functional groups attached to an aromatic ring is 1. The fourth-order valence-electron chi connectivity index (χ4n) is 2.04. The number of nitrogens with two attached hydrogens (primary N) is 1. The Hall–Kier alpha value is -2.69. The Labute approximate surface area is 107 Å². The summed E-state index contributed by atoms with van der Waals surface area (Å²) in [5, 5.41) is 0.673. The van der Waals surface area contributed by atoms with Crippen molar-refractivity contribution in [3.05, 3.63) is 58.8 Å². The zero-order valence-corrected chi connectivity index (χ0v) is 9.85. The fraction of sp³-hybridized carbons (Fsp3) is 0. The van der Waals surface area contributed by atoms with Crippen molar-refractivity contribution in [2.75, 3.05) is 5.73 Å². The Bertz CT molecular complexity index is 826. The van der Waals surface area contributed by atoms with Gasteiger partial charge in [0.05, 0.1) is 0 Å². The second-order valence-corrected chi connectivity index (χ2v) is 4.18. The molecule has 3 N–H and O–H groups in total. The lowest BCUT2D eigenvalue weighted by atomic mass is 10.0. The van der Waals surface area contributed by atoms with Gasteiger partial charge in [-0.3, -0.25) is 4.79 Å². The average Bonchev–Trinajstić information content (AvgIpc) is 2.40. The van der Waals surface area contributed by atoms with Crippen LogP contribution in [0.2, 0.25) is 0 Å². The lowest BCUT2D eigenvalue weighted by molar-refractivity contribution is 0.631.